The van der Waals surface area contributed by atoms with Gasteiger partial charge in [-0.15, -0.1) is 0 Å². The molecule has 1 aliphatic carbocycles. The number of fused-ring (bicyclic) bond motifs is 1. The van der Waals surface area contributed by atoms with Crippen LogP contribution >= 0.6 is 0 Å². The Morgan fingerprint density at radius 3 is 2.72 bits per heavy atom. The lowest BCUT2D eigenvalue weighted by atomic mass is 9.88. The van der Waals surface area contributed by atoms with Crippen molar-refractivity contribution in [1.82, 2.24) is 0 Å². The van der Waals surface area contributed by atoms with Gasteiger partial charge in [0.05, 0.1) is 29.9 Å². The highest BCUT2D eigenvalue weighted by Crippen LogP contribution is 2.44. The van der Waals surface area contributed by atoms with Crippen LogP contribution in [-0.4, -0.2) is 18.2 Å². The minimum Gasteiger partial charge on any atom is -0.467 e. The molecule has 7 heteroatoms. The van der Waals surface area contributed by atoms with Crippen molar-refractivity contribution in [2.45, 2.75) is 25.3 Å². The third kappa shape index (κ3) is 3.66. The molecule has 0 saturated heterocycles. The largest absolute Gasteiger partial charge is 0.467 e. The Bertz CT molecular complexity index is 1200. The van der Waals surface area contributed by atoms with Crippen LogP contribution in [0.1, 0.15) is 31.1 Å². The second-order valence-corrected chi connectivity index (χ2v) is 7.88. The number of amides is 1. The van der Waals surface area contributed by atoms with Crippen molar-refractivity contribution in [3.05, 3.63) is 89.8 Å². The molecule has 2 heterocycles. The molecule has 5 rings (SSSR count). The lowest BCUT2D eigenvalue weighted by Gasteiger charge is -2.33. The van der Waals surface area contributed by atoms with Crippen molar-refractivity contribution >= 4 is 28.8 Å². The predicted molar refractivity (Wildman–Crippen MR) is 120 cm³/mol. The van der Waals surface area contributed by atoms with E-state index in [4.69, 9.17) is 4.42 Å². The number of furan rings is 1. The van der Waals surface area contributed by atoms with Crippen LogP contribution < -0.4 is 15.5 Å². The van der Waals surface area contributed by atoms with E-state index in [2.05, 4.69) is 10.6 Å². The highest BCUT2D eigenvalue weighted by atomic mass is 19.1. The molecule has 6 nitrogen and oxygen atoms in total. The average molecular weight is 431 g/mol. The third-order valence-electron chi connectivity index (χ3n) is 5.81. The minimum absolute atomic E-state index is 0.0347. The van der Waals surface area contributed by atoms with Crippen molar-refractivity contribution in [3.8, 4) is 0 Å². The fourth-order valence-corrected chi connectivity index (χ4v) is 4.42. The smallest absolute Gasteiger partial charge is 0.244 e. The molecule has 0 saturated carbocycles. The molecule has 2 aliphatic rings. The van der Waals surface area contributed by atoms with E-state index < -0.39 is 17.8 Å². The number of halogens is 1. The zero-order valence-corrected chi connectivity index (χ0v) is 17.3. The maximum Gasteiger partial charge on any atom is 0.244 e. The van der Waals surface area contributed by atoms with Crippen LogP contribution in [0, 0.1) is 5.82 Å². The van der Waals surface area contributed by atoms with Crippen LogP contribution in [0.4, 0.5) is 21.5 Å². The molecule has 0 unspecified atom stereocenters. The predicted octanol–water partition coefficient (Wildman–Crippen LogP) is 5.04. The number of nitrogens with one attached hydrogen (secondary N) is 2. The topological polar surface area (TPSA) is 74.6 Å². The standard InChI is InChI=1S/C25H22FN3O3/c26-16-7-1-2-8-17(16)28-23(31)15-29-20-11-4-3-9-18(20)27-19-10-5-12-21(30)24(19)25(29)22-13-6-14-32-22/h1-4,6-9,11,13-14,25,27H,5,10,12,15H2,(H,28,31)/t25-/m0/s1. The average Bonchev–Trinajstić information content (AvgIpc) is 3.27. The quantitative estimate of drug-likeness (QED) is 0.606. The zero-order valence-electron chi connectivity index (χ0n) is 17.3. The fourth-order valence-electron chi connectivity index (χ4n) is 4.42. The van der Waals surface area contributed by atoms with Gasteiger partial charge in [0.15, 0.2) is 5.78 Å². The number of hydrogen-bond donors (Lipinski definition) is 2. The Morgan fingerprint density at radius 1 is 1.09 bits per heavy atom. The van der Waals surface area contributed by atoms with E-state index in [9.17, 15) is 14.0 Å². The molecule has 2 N–H and O–H groups in total. The Morgan fingerprint density at radius 2 is 1.91 bits per heavy atom. The van der Waals surface area contributed by atoms with E-state index >= 15 is 0 Å². The molecule has 0 bridgehead atoms. The van der Waals surface area contributed by atoms with Gasteiger partial charge in [0.1, 0.15) is 17.6 Å². The zero-order chi connectivity index (χ0) is 22.1. The number of para-hydroxylation sites is 3. The summed E-state index contributed by atoms with van der Waals surface area (Å²) in [4.78, 5) is 28.0. The van der Waals surface area contributed by atoms with Crippen molar-refractivity contribution in [3.63, 3.8) is 0 Å². The molecule has 162 valence electrons. The molecule has 0 spiro atoms. The first-order valence-electron chi connectivity index (χ1n) is 10.6. The highest BCUT2D eigenvalue weighted by molar-refractivity contribution is 6.02. The molecule has 1 aromatic heterocycles. The first kappa shape index (κ1) is 20.1. The summed E-state index contributed by atoms with van der Waals surface area (Å²) in [6.07, 6.45) is 3.52. The van der Waals surface area contributed by atoms with Crippen molar-refractivity contribution in [2.24, 2.45) is 0 Å². The van der Waals surface area contributed by atoms with Gasteiger partial charge in [0.2, 0.25) is 5.91 Å². The Hall–Kier alpha value is -3.87. The molecule has 1 aliphatic heterocycles. The monoisotopic (exact) mass is 431 g/mol. The number of carbonyl (C=O) groups excluding carboxylic acids is 2. The van der Waals surface area contributed by atoms with Crippen molar-refractivity contribution < 1.29 is 18.4 Å². The van der Waals surface area contributed by atoms with Gasteiger partial charge in [0.25, 0.3) is 0 Å². The number of hydrogen-bond acceptors (Lipinski definition) is 5. The van der Waals surface area contributed by atoms with E-state index in [1.807, 2.05) is 35.2 Å². The number of anilines is 3. The van der Waals surface area contributed by atoms with Gasteiger partial charge < -0.3 is 20.0 Å². The summed E-state index contributed by atoms with van der Waals surface area (Å²) in [5.74, 6) is -0.292. The lowest BCUT2D eigenvalue weighted by molar-refractivity contribution is -0.117. The van der Waals surface area contributed by atoms with E-state index in [-0.39, 0.29) is 18.0 Å². The van der Waals surface area contributed by atoms with Gasteiger partial charge >= 0.3 is 0 Å². The number of ketones is 1. The van der Waals surface area contributed by atoms with E-state index in [0.717, 1.165) is 29.9 Å². The molecule has 2 aromatic carbocycles. The maximum atomic E-state index is 14.1. The number of benzene rings is 2. The summed E-state index contributed by atoms with van der Waals surface area (Å²) in [5.41, 5.74) is 3.15. The van der Waals surface area contributed by atoms with Crippen LogP contribution in [0.15, 0.2) is 82.6 Å². The highest BCUT2D eigenvalue weighted by Gasteiger charge is 2.38. The van der Waals surface area contributed by atoms with Gasteiger partial charge in [-0.25, -0.2) is 4.39 Å². The van der Waals surface area contributed by atoms with E-state index in [0.29, 0.717) is 17.8 Å². The van der Waals surface area contributed by atoms with Crippen LogP contribution in [0.5, 0.6) is 0 Å². The molecular weight excluding hydrogens is 409 g/mol. The van der Waals surface area contributed by atoms with Crippen molar-refractivity contribution in [2.75, 3.05) is 22.1 Å². The Kier molecular flexibility index (Phi) is 5.23. The Labute approximate surface area is 184 Å². The molecule has 32 heavy (non-hydrogen) atoms. The molecule has 3 aromatic rings. The fraction of sp³-hybridized carbons (Fsp3) is 0.200. The third-order valence-corrected chi connectivity index (χ3v) is 5.81. The van der Waals surface area contributed by atoms with Crippen molar-refractivity contribution in [1.29, 1.82) is 0 Å². The van der Waals surface area contributed by atoms with Gasteiger partial charge in [-0.1, -0.05) is 24.3 Å². The maximum absolute atomic E-state index is 14.1. The number of rotatable bonds is 4. The first-order valence-corrected chi connectivity index (χ1v) is 10.6. The molecule has 1 amide bonds. The molecular formula is C25H22FN3O3. The Balaban J connectivity index is 1.59. The summed E-state index contributed by atoms with van der Waals surface area (Å²) in [6, 6.07) is 16.7. The van der Waals surface area contributed by atoms with Crippen LogP contribution in [-0.2, 0) is 9.59 Å². The van der Waals surface area contributed by atoms with E-state index in [1.165, 1.54) is 12.1 Å². The van der Waals surface area contributed by atoms with Crippen LogP contribution in [0.25, 0.3) is 0 Å². The molecule has 0 fully saturated rings. The summed E-state index contributed by atoms with van der Waals surface area (Å²) in [6.45, 7) is -0.0948. The molecule has 0 radical (unpaired) electrons. The first-order chi connectivity index (χ1) is 15.6. The summed E-state index contributed by atoms with van der Waals surface area (Å²) in [7, 11) is 0. The number of nitrogens with zero attached hydrogens (tertiary/aromatic N) is 1. The van der Waals surface area contributed by atoms with Gasteiger partial charge in [-0.3, -0.25) is 9.59 Å². The van der Waals surface area contributed by atoms with Gasteiger partial charge in [0, 0.05) is 17.7 Å². The van der Waals surface area contributed by atoms with Crippen LogP contribution in [0.3, 0.4) is 0 Å². The van der Waals surface area contributed by atoms with Gasteiger partial charge in [-0.05, 0) is 49.2 Å². The molecule has 1 atom stereocenters. The summed E-state index contributed by atoms with van der Waals surface area (Å²) in [5, 5.41) is 6.08. The number of allylic oxidation sites excluding steroid dienone is 1. The lowest BCUT2D eigenvalue weighted by Crippen LogP contribution is -2.38. The SMILES string of the molecule is O=C(CN1c2ccccc2NC2=C(C(=O)CCC2)[C@@H]1c1ccco1)Nc1ccccc1F. The van der Waals surface area contributed by atoms with E-state index in [1.54, 1.807) is 24.5 Å². The summed E-state index contributed by atoms with van der Waals surface area (Å²) < 4.78 is 19.8. The normalized spacial score (nSPS) is 17.8. The number of Topliss-reactive ketones (excluding diaryl/α,β-unsaturated/α-hetero) is 1. The number of carbonyl (C=O) groups is 2. The second-order valence-electron chi connectivity index (χ2n) is 7.88. The summed E-state index contributed by atoms with van der Waals surface area (Å²) >= 11 is 0. The van der Waals surface area contributed by atoms with Crippen LogP contribution in [0.2, 0.25) is 0 Å². The second kappa shape index (κ2) is 8.34. The minimum atomic E-state index is -0.574. The van der Waals surface area contributed by atoms with Gasteiger partial charge in [-0.2, -0.15) is 0 Å².